The number of hydrogen-bond donors (Lipinski definition) is 1. The van der Waals surface area contributed by atoms with Crippen LogP contribution in [0.3, 0.4) is 0 Å². The molecular weight excluding hydrogens is 224 g/mol. The van der Waals surface area contributed by atoms with Crippen LogP contribution in [0.2, 0.25) is 0 Å². The molecule has 92 valence electrons. The molecule has 16 heavy (non-hydrogen) atoms. The summed E-state index contributed by atoms with van der Waals surface area (Å²) in [5.74, 6) is 0.594. The number of rotatable bonds is 5. The maximum Gasteiger partial charge on any atom is 0.0827 e. The SMILES string of the molecule is ClC/C=C/CNCC1CN2CCCC2CO1. The predicted octanol–water partition coefficient (Wildman–Crippen LogP) is 1.23. The van der Waals surface area contributed by atoms with E-state index in [9.17, 15) is 0 Å². The van der Waals surface area contributed by atoms with Gasteiger partial charge in [0.2, 0.25) is 0 Å². The number of morpholine rings is 1. The second kappa shape index (κ2) is 6.60. The maximum absolute atomic E-state index is 5.84. The number of allylic oxidation sites excluding steroid dienone is 1. The van der Waals surface area contributed by atoms with Crippen LogP contribution in [0.15, 0.2) is 12.2 Å². The maximum atomic E-state index is 5.84. The van der Waals surface area contributed by atoms with Gasteiger partial charge in [0.25, 0.3) is 0 Å². The standard InChI is InChI=1S/C12H21ClN2O/c13-5-1-2-6-14-8-12-9-15-7-3-4-11(15)10-16-12/h1-2,11-12,14H,3-10H2/b2-1+. The molecule has 0 radical (unpaired) electrons. The highest BCUT2D eigenvalue weighted by Crippen LogP contribution is 2.22. The number of halogens is 1. The van der Waals surface area contributed by atoms with E-state index in [0.717, 1.165) is 26.2 Å². The van der Waals surface area contributed by atoms with Crippen molar-refractivity contribution in [2.45, 2.75) is 25.0 Å². The molecule has 2 aliphatic heterocycles. The zero-order valence-electron chi connectivity index (χ0n) is 9.70. The van der Waals surface area contributed by atoms with Crippen LogP contribution in [0.4, 0.5) is 0 Å². The Morgan fingerprint density at radius 2 is 2.38 bits per heavy atom. The number of alkyl halides is 1. The summed E-state index contributed by atoms with van der Waals surface area (Å²) in [6, 6.07) is 0.701. The van der Waals surface area contributed by atoms with Gasteiger partial charge in [0.15, 0.2) is 0 Å². The average Bonchev–Trinajstić information content (AvgIpc) is 2.76. The molecule has 0 aliphatic carbocycles. The third kappa shape index (κ3) is 3.45. The van der Waals surface area contributed by atoms with E-state index < -0.39 is 0 Å². The fourth-order valence-corrected chi connectivity index (χ4v) is 2.61. The highest BCUT2D eigenvalue weighted by atomic mass is 35.5. The van der Waals surface area contributed by atoms with Crippen LogP contribution in [-0.2, 0) is 4.74 Å². The lowest BCUT2D eigenvalue weighted by Crippen LogP contribution is -2.49. The first kappa shape index (κ1) is 12.4. The fraction of sp³-hybridized carbons (Fsp3) is 0.833. The van der Waals surface area contributed by atoms with Gasteiger partial charge in [-0.1, -0.05) is 12.2 Å². The van der Waals surface area contributed by atoms with Gasteiger partial charge >= 0.3 is 0 Å². The summed E-state index contributed by atoms with van der Waals surface area (Å²) in [6.45, 7) is 5.10. The summed E-state index contributed by atoms with van der Waals surface area (Å²) in [5, 5.41) is 3.37. The number of nitrogens with zero attached hydrogens (tertiary/aromatic N) is 1. The lowest BCUT2D eigenvalue weighted by Gasteiger charge is -2.35. The minimum Gasteiger partial charge on any atom is -0.374 e. The molecule has 2 atom stereocenters. The van der Waals surface area contributed by atoms with E-state index in [4.69, 9.17) is 16.3 Å². The largest absolute Gasteiger partial charge is 0.374 e. The van der Waals surface area contributed by atoms with E-state index >= 15 is 0 Å². The summed E-state index contributed by atoms with van der Waals surface area (Å²) in [4.78, 5) is 2.57. The van der Waals surface area contributed by atoms with Crippen molar-refractivity contribution < 1.29 is 4.74 Å². The van der Waals surface area contributed by atoms with Crippen molar-refractivity contribution in [2.24, 2.45) is 0 Å². The van der Waals surface area contributed by atoms with Crippen molar-refractivity contribution in [1.82, 2.24) is 10.2 Å². The molecule has 1 N–H and O–H groups in total. The van der Waals surface area contributed by atoms with Gasteiger partial charge in [-0.05, 0) is 19.4 Å². The Kier molecular flexibility index (Phi) is 5.10. The summed E-state index contributed by atoms with van der Waals surface area (Å²) in [7, 11) is 0. The summed E-state index contributed by atoms with van der Waals surface area (Å²) >= 11 is 5.54. The van der Waals surface area contributed by atoms with E-state index in [-0.39, 0.29) is 0 Å². The highest BCUT2D eigenvalue weighted by Gasteiger charge is 2.31. The first-order valence-electron chi connectivity index (χ1n) is 6.17. The van der Waals surface area contributed by atoms with E-state index in [1.165, 1.54) is 19.4 Å². The van der Waals surface area contributed by atoms with Gasteiger partial charge in [0.05, 0.1) is 12.7 Å². The number of fused-ring (bicyclic) bond motifs is 1. The number of nitrogens with one attached hydrogen (secondary N) is 1. The molecule has 2 rings (SSSR count). The molecule has 0 amide bonds. The van der Waals surface area contributed by atoms with Gasteiger partial charge in [0, 0.05) is 31.6 Å². The van der Waals surface area contributed by atoms with Crippen molar-refractivity contribution >= 4 is 11.6 Å². The average molecular weight is 245 g/mol. The lowest BCUT2D eigenvalue weighted by molar-refractivity contribution is -0.0465. The summed E-state index contributed by atoms with van der Waals surface area (Å²) in [6.07, 6.45) is 7.05. The van der Waals surface area contributed by atoms with Crippen LogP contribution in [0.25, 0.3) is 0 Å². The molecule has 3 nitrogen and oxygen atoms in total. The van der Waals surface area contributed by atoms with Gasteiger partial charge in [0.1, 0.15) is 0 Å². The van der Waals surface area contributed by atoms with E-state index in [1.807, 2.05) is 6.08 Å². The molecule has 0 spiro atoms. The van der Waals surface area contributed by atoms with E-state index in [2.05, 4.69) is 16.3 Å². The first-order chi connectivity index (χ1) is 7.90. The van der Waals surface area contributed by atoms with Gasteiger partial charge in [-0.25, -0.2) is 0 Å². The zero-order valence-corrected chi connectivity index (χ0v) is 10.5. The minimum absolute atomic E-state index is 0.360. The van der Waals surface area contributed by atoms with Gasteiger partial charge in [-0.15, -0.1) is 11.6 Å². The lowest BCUT2D eigenvalue weighted by atomic mass is 10.2. The third-order valence-electron chi connectivity index (χ3n) is 3.35. The molecule has 2 unspecified atom stereocenters. The molecule has 0 bridgehead atoms. The molecule has 0 saturated carbocycles. The van der Waals surface area contributed by atoms with Crippen LogP contribution < -0.4 is 5.32 Å². The van der Waals surface area contributed by atoms with Crippen molar-refractivity contribution in [2.75, 3.05) is 38.7 Å². The quantitative estimate of drug-likeness (QED) is 0.447. The van der Waals surface area contributed by atoms with Crippen molar-refractivity contribution in [3.8, 4) is 0 Å². The Morgan fingerprint density at radius 1 is 1.44 bits per heavy atom. The van der Waals surface area contributed by atoms with Crippen molar-refractivity contribution in [3.05, 3.63) is 12.2 Å². The third-order valence-corrected chi connectivity index (χ3v) is 3.53. The second-order valence-electron chi connectivity index (χ2n) is 4.53. The number of ether oxygens (including phenoxy) is 1. The van der Waals surface area contributed by atoms with Gasteiger partial charge in [-0.3, -0.25) is 4.90 Å². The Hall–Kier alpha value is -0.0900. The molecule has 0 aromatic heterocycles. The molecule has 2 saturated heterocycles. The summed E-state index contributed by atoms with van der Waals surface area (Å²) in [5.41, 5.74) is 0. The van der Waals surface area contributed by atoms with Crippen molar-refractivity contribution in [1.29, 1.82) is 0 Å². The summed E-state index contributed by atoms with van der Waals surface area (Å²) < 4.78 is 5.84. The van der Waals surface area contributed by atoms with Gasteiger partial charge in [-0.2, -0.15) is 0 Å². The van der Waals surface area contributed by atoms with E-state index in [0.29, 0.717) is 18.0 Å². The molecule has 2 heterocycles. The molecule has 2 fully saturated rings. The minimum atomic E-state index is 0.360. The first-order valence-corrected chi connectivity index (χ1v) is 6.71. The normalized spacial score (nSPS) is 31.1. The molecule has 2 aliphatic rings. The number of hydrogen-bond acceptors (Lipinski definition) is 3. The Bertz CT molecular complexity index is 235. The monoisotopic (exact) mass is 244 g/mol. The van der Waals surface area contributed by atoms with Gasteiger partial charge < -0.3 is 10.1 Å². The molecule has 4 heteroatoms. The van der Waals surface area contributed by atoms with Crippen LogP contribution in [0.1, 0.15) is 12.8 Å². The Labute approximate surface area is 103 Å². The smallest absolute Gasteiger partial charge is 0.0827 e. The van der Waals surface area contributed by atoms with Crippen LogP contribution in [0, 0.1) is 0 Å². The van der Waals surface area contributed by atoms with E-state index in [1.54, 1.807) is 0 Å². The predicted molar refractivity (Wildman–Crippen MR) is 67.1 cm³/mol. The topological polar surface area (TPSA) is 24.5 Å². The molecular formula is C12H21ClN2O. The second-order valence-corrected chi connectivity index (χ2v) is 4.84. The molecule has 0 aromatic rings. The van der Waals surface area contributed by atoms with Crippen molar-refractivity contribution in [3.63, 3.8) is 0 Å². The molecule has 0 aromatic carbocycles. The van der Waals surface area contributed by atoms with Crippen LogP contribution >= 0.6 is 11.6 Å². The van der Waals surface area contributed by atoms with Crippen LogP contribution in [0.5, 0.6) is 0 Å². The highest BCUT2D eigenvalue weighted by molar-refractivity contribution is 6.18. The fourth-order valence-electron chi connectivity index (χ4n) is 2.48. The van der Waals surface area contributed by atoms with Crippen LogP contribution in [-0.4, -0.2) is 55.7 Å². The Morgan fingerprint density at radius 3 is 3.25 bits per heavy atom. The zero-order chi connectivity index (χ0) is 11.2. The Balaban J connectivity index is 1.61.